The molecule has 14 heavy (non-hydrogen) atoms. The van der Waals surface area contributed by atoms with Crippen molar-refractivity contribution in [1.82, 2.24) is 9.80 Å². The Balaban J connectivity index is 2.51. The van der Waals surface area contributed by atoms with Crippen LogP contribution in [0.3, 0.4) is 0 Å². The summed E-state index contributed by atoms with van der Waals surface area (Å²) in [6, 6.07) is 0.897. The highest BCUT2D eigenvalue weighted by atomic mass is 32.1. The molecular formula is C10H21N3S. The van der Waals surface area contributed by atoms with E-state index in [1.807, 2.05) is 0 Å². The van der Waals surface area contributed by atoms with Crippen molar-refractivity contribution in [2.45, 2.75) is 31.8 Å². The Morgan fingerprint density at radius 1 is 1.57 bits per heavy atom. The highest BCUT2D eigenvalue weighted by Gasteiger charge is 2.25. The van der Waals surface area contributed by atoms with E-state index >= 15 is 0 Å². The van der Waals surface area contributed by atoms with Gasteiger partial charge in [-0.05, 0) is 40.4 Å². The summed E-state index contributed by atoms with van der Waals surface area (Å²) in [7, 11) is 4.28. The second-order valence-corrected chi connectivity index (χ2v) is 4.80. The van der Waals surface area contributed by atoms with E-state index in [1.165, 1.54) is 12.8 Å². The van der Waals surface area contributed by atoms with Gasteiger partial charge >= 0.3 is 0 Å². The maximum absolute atomic E-state index is 5.66. The number of thiocarbonyl (C=S) groups is 1. The molecule has 1 aliphatic heterocycles. The first-order chi connectivity index (χ1) is 6.52. The molecule has 1 rings (SSSR count). The molecule has 3 nitrogen and oxygen atoms in total. The summed E-state index contributed by atoms with van der Waals surface area (Å²) in [5.74, 6) is 0. The van der Waals surface area contributed by atoms with Crippen LogP contribution in [0.4, 0.5) is 0 Å². The predicted octanol–water partition coefficient (Wildman–Crippen LogP) is 0.687. The smallest absolute Gasteiger partial charge is 0.0899 e. The third kappa shape index (κ3) is 2.90. The molecule has 0 aliphatic carbocycles. The SMILES string of the molecule is CC(C(N)=S)N1CCCC(N(C)C)C1. The molecule has 0 aromatic carbocycles. The highest BCUT2D eigenvalue weighted by Crippen LogP contribution is 2.15. The zero-order chi connectivity index (χ0) is 10.7. The van der Waals surface area contributed by atoms with Gasteiger partial charge < -0.3 is 10.6 Å². The zero-order valence-electron chi connectivity index (χ0n) is 9.36. The third-order valence-corrected chi connectivity index (χ3v) is 3.46. The van der Waals surface area contributed by atoms with Gasteiger partial charge in [0.05, 0.1) is 11.0 Å². The first-order valence-electron chi connectivity index (χ1n) is 5.22. The second-order valence-electron chi connectivity index (χ2n) is 4.33. The summed E-state index contributed by atoms with van der Waals surface area (Å²) in [4.78, 5) is 5.29. The summed E-state index contributed by atoms with van der Waals surface area (Å²) >= 11 is 5.03. The van der Waals surface area contributed by atoms with Crippen molar-refractivity contribution in [3.8, 4) is 0 Å². The molecule has 1 heterocycles. The monoisotopic (exact) mass is 215 g/mol. The summed E-state index contributed by atoms with van der Waals surface area (Å²) in [5.41, 5.74) is 5.66. The van der Waals surface area contributed by atoms with Crippen molar-refractivity contribution < 1.29 is 0 Å². The molecule has 1 saturated heterocycles. The van der Waals surface area contributed by atoms with Crippen molar-refractivity contribution in [1.29, 1.82) is 0 Å². The molecule has 2 N–H and O–H groups in total. The molecule has 82 valence electrons. The van der Waals surface area contributed by atoms with E-state index in [9.17, 15) is 0 Å². The molecule has 0 spiro atoms. The molecule has 0 amide bonds. The summed E-state index contributed by atoms with van der Waals surface area (Å²) in [6.07, 6.45) is 2.53. The number of likely N-dealkylation sites (N-methyl/N-ethyl adjacent to an activating group) is 1. The minimum atomic E-state index is 0.243. The Labute approximate surface area is 92.2 Å². The Morgan fingerprint density at radius 2 is 2.21 bits per heavy atom. The van der Waals surface area contributed by atoms with E-state index in [4.69, 9.17) is 18.0 Å². The number of hydrogen-bond donors (Lipinski definition) is 1. The Morgan fingerprint density at radius 3 is 2.71 bits per heavy atom. The second kappa shape index (κ2) is 5.05. The maximum Gasteiger partial charge on any atom is 0.0899 e. The van der Waals surface area contributed by atoms with Gasteiger partial charge in [0, 0.05) is 12.6 Å². The lowest BCUT2D eigenvalue weighted by Crippen LogP contribution is -2.51. The number of nitrogens with zero attached hydrogens (tertiary/aromatic N) is 2. The molecule has 0 aromatic rings. The quantitative estimate of drug-likeness (QED) is 0.702. The third-order valence-electron chi connectivity index (χ3n) is 3.12. The van der Waals surface area contributed by atoms with Crippen molar-refractivity contribution in [2.75, 3.05) is 27.2 Å². The largest absolute Gasteiger partial charge is 0.392 e. The van der Waals surface area contributed by atoms with Crippen molar-refractivity contribution >= 4 is 17.2 Å². The van der Waals surface area contributed by atoms with Gasteiger partial charge in [0.25, 0.3) is 0 Å². The van der Waals surface area contributed by atoms with Crippen LogP contribution in [0, 0.1) is 0 Å². The molecule has 0 aromatic heterocycles. The van der Waals surface area contributed by atoms with Crippen LogP contribution in [0.5, 0.6) is 0 Å². The lowest BCUT2D eigenvalue weighted by Gasteiger charge is -2.38. The number of hydrogen-bond acceptors (Lipinski definition) is 3. The molecular weight excluding hydrogens is 194 g/mol. The fraction of sp³-hybridized carbons (Fsp3) is 0.900. The van der Waals surface area contributed by atoms with E-state index in [2.05, 4.69) is 30.8 Å². The zero-order valence-corrected chi connectivity index (χ0v) is 10.2. The van der Waals surface area contributed by atoms with Crippen molar-refractivity contribution in [2.24, 2.45) is 5.73 Å². The van der Waals surface area contributed by atoms with Crippen LogP contribution in [-0.4, -0.2) is 54.1 Å². The van der Waals surface area contributed by atoms with Gasteiger partial charge in [0.15, 0.2) is 0 Å². The molecule has 1 aliphatic rings. The van der Waals surface area contributed by atoms with Crippen molar-refractivity contribution in [3.05, 3.63) is 0 Å². The van der Waals surface area contributed by atoms with Gasteiger partial charge in [-0.3, -0.25) is 4.90 Å². The lowest BCUT2D eigenvalue weighted by atomic mass is 10.0. The molecule has 0 bridgehead atoms. The van der Waals surface area contributed by atoms with Crippen LogP contribution in [0.2, 0.25) is 0 Å². The minimum Gasteiger partial charge on any atom is -0.392 e. The van der Waals surface area contributed by atoms with E-state index in [-0.39, 0.29) is 6.04 Å². The molecule has 0 radical (unpaired) electrons. The minimum absolute atomic E-state index is 0.243. The Hall–Kier alpha value is -0.190. The van der Waals surface area contributed by atoms with E-state index < -0.39 is 0 Å². The predicted molar refractivity (Wildman–Crippen MR) is 64.5 cm³/mol. The van der Waals surface area contributed by atoms with Crippen LogP contribution < -0.4 is 5.73 Å². The number of rotatable bonds is 3. The maximum atomic E-state index is 5.66. The number of piperidine rings is 1. The first-order valence-corrected chi connectivity index (χ1v) is 5.63. The molecule has 4 heteroatoms. The van der Waals surface area contributed by atoms with Crippen LogP contribution in [0.25, 0.3) is 0 Å². The summed E-state index contributed by atoms with van der Waals surface area (Å²) < 4.78 is 0. The normalized spacial score (nSPS) is 26.4. The average Bonchev–Trinajstić information content (AvgIpc) is 2.16. The van der Waals surface area contributed by atoms with Crippen molar-refractivity contribution in [3.63, 3.8) is 0 Å². The first kappa shape index (κ1) is 11.9. The summed E-state index contributed by atoms with van der Waals surface area (Å²) in [6.45, 7) is 4.31. The van der Waals surface area contributed by atoms with Crippen LogP contribution >= 0.6 is 12.2 Å². The van der Waals surface area contributed by atoms with Gasteiger partial charge in [-0.2, -0.15) is 0 Å². The van der Waals surface area contributed by atoms with Crippen LogP contribution in [0.15, 0.2) is 0 Å². The Bertz CT molecular complexity index is 206. The van der Waals surface area contributed by atoms with Crippen LogP contribution in [-0.2, 0) is 0 Å². The Kier molecular flexibility index (Phi) is 4.29. The van der Waals surface area contributed by atoms with Gasteiger partial charge in [0.1, 0.15) is 0 Å². The van der Waals surface area contributed by atoms with Gasteiger partial charge in [-0.25, -0.2) is 0 Å². The average molecular weight is 215 g/mol. The molecule has 0 saturated carbocycles. The fourth-order valence-electron chi connectivity index (χ4n) is 1.94. The highest BCUT2D eigenvalue weighted by molar-refractivity contribution is 7.80. The van der Waals surface area contributed by atoms with E-state index in [1.54, 1.807) is 0 Å². The van der Waals surface area contributed by atoms with E-state index in [0.29, 0.717) is 11.0 Å². The number of nitrogens with two attached hydrogens (primary N) is 1. The molecule has 2 unspecified atom stereocenters. The van der Waals surface area contributed by atoms with Gasteiger partial charge in [-0.15, -0.1) is 0 Å². The standard InChI is InChI=1S/C10H21N3S/c1-8(10(11)14)13-6-4-5-9(7-13)12(2)3/h8-9H,4-7H2,1-3H3,(H2,11,14). The topological polar surface area (TPSA) is 32.5 Å². The molecule has 1 fully saturated rings. The molecule has 2 atom stereocenters. The lowest BCUT2D eigenvalue weighted by molar-refractivity contribution is 0.123. The van der Waals surface area contributed by atoms with Gasteiger partial charge in [-0.1, -0.05) is 12.2 Å². The van der Waals surface area contributed by atoms with Crippen LogP contribution in [0.1, 0.15) is 19.8 Å². The number of likely N-dealkylation sites (tertiary alicyclic amines) is 1. The van der Waals surface area contributed by atoms with E-state index in [0.717, 1.165) is 13.1 Å². The fourth-order valence-corrected chi connectivity index (χ4v) is 2.09. The van der Waals surface area contributed by atoms with Gasteiger partial charge in [0.2, 0.25) is 0 Å². The summed E-state index contributed by atoms with van der Waals surface area (Å²) in [5, 5.41) is 0.